The van der Waals surface area contributed by atoms with Crippen molar-refractivity contribution in [3.63, 3.8) is 0 Å². The maximum absolute atomic E-state index is 13.8. The van der Waals surface area contributed by atoms with Gasteiger partial charge in [0.15, 0.2) is 0 Å². The van der Waals surface area contributed by atoms with Crippen LogP contribution >= 0.6 is 0 Å². The number of aliphatic carboxylic acids is 1. The molecule has 1 aromatic carbocycles. The van der Waals surface area contributed by atoms with Gasteiger partial charge in [0.25, 0.3) is 0 Å². The molecule has 2 unspecified atom stereocenters. The van der Waals surface area contributed by atoms with Crippen LogP contribution in [0.25, 0.3) is 0 Å². The molecule has 1 saturated heterocycles. The second kappa shape index (κ2) is 4.76. The first-order valence-corrected chi connectivity index (χ1v) is 5.83. The van der Waals surface area contributed by atoms with Gasteiger partial charge in [0.05, 0.1) is 12.0 Å². The number of halogens is 1. The third-order valence-corrected chi connectivity index (χ3v) is 3.31. The Kier molecular flexibility index (Phi) is 3.32. The predicted molar refractivity (Wildman–Crippen MR) is 62.3 cm³/mol. The zero-order valence-corrected chi connectivity index (χ0v) is 9.97. The molecule has 1 heterocycles. The molecule has 1 aliphatic heterocycles. The Morgan fingerprint density at radius 2 is 2.17 bits per heavy atom. The Balaban J connectivity index is 2.46. The summed E-state index contributed by atoms with van der Waals surface area (Å²) < 4.78 is 13.8. The first-order valence-electron chi connectivity index (χ1n) is 5.83. The molecular formula is C13H14FNO3. The lowest BCUT2D eigenvalue weighted by molar-refractivity contribution is -0.142. The molecule has 0 bridgehead atoms. The number of carbonyl (C=O) groups excluding carboxylic acids is 1. The van der Waals surface area contributed by atoms with Gasteiger partial charge in [-0.2, -0.15) is 0 Å². The van der Waals surface area contributed by atoms with E-state index in [1.165, 1.54) is 17.0 Å². The molecule has 1 amide bonds. The maximum atomic E-state index is 13.8. The fourth-order valence-electron chi connectivity index (χ4n) is 2.48. The number of carboxylic acids is 1. The summed E-state index contributed by atoms with van der Waals surface area (Å²) in [5, 5.41) is 9.17. The molecule has 18 heavy (non-hydrogen) atoms. The van der Waals surface area contributed by atoms with E-state index in [1.54, 1.807) is 19.1 Å². The molecule has 0 spiro atoms. The van der Waals surface area contributed by atoms with E-state index < -0.39 is 23.7 Å². The summed E-state index contributed by atoms with van der Waals surface area (Å²) in [5.41, 5.74) is 0.276. The standard InChI is InChI=1S/C13H14FNO3/c1-2-15-11(16)7-9(13(17)18)12(15)8-5-3-4-6-10(8)14/h3-6,9,12H,2,7H2,1H3,(H,17,18). The number of amides is 1. The van der Waals surface area contributed by atoms with Gasteiger partial charge in [-0.1, -0.05) is 18.2 Å². The average Bonchev–Trinajstić information content (AvgIpc) is 2.67. The van der Waals surface area contributed by atoms with E-state index in [4.69, 9.17) is 5.11 Å². The Morgan fingerprint density at radius 3 is 2.72 bits per heavy atom. The number of hydrogen-bond donors (Lipinski definition) is 1. The van der Waals surface area contributed by atoms with E-state index in [9.17, 15) is 14.0 Å². The molecular weight excluding hydrogens is 237 g/mol. The maximum Gasteiger partial charge on any atom is 0.309 e. The highest BCUT2D eigenvalue weighted by Gasteiger charge is 2.44. The van der Waals surface area contributed by atoms with Crippen LogP contribution in [0.4, 0.5) is 4.39 Å². The third kappa shape index (κ3) is 1.96. The molecule has 96 valence electrons. The number of rotatable bonds is 3. The molecule has 5 heteroatoms. The van der Waals surface area contributed by atoms with Gasteiger partial charge in [0, 0.05) is 18.5 Å². The van der Waals surface area contributed by atoms with Crippen molar-refractivity contribution in [2.75, 3.05) is 6.54 Å². The molecule has 0 saturated carbocycles. The van der Waals surface area contributed by atoms with Crippen LogP contribution in [0.2, 0.25) is 0 Å². The van der Waals surface area contributed by atoms with Crippen molar-refractivity contribution in [2.45, 2.75) is 19.4 Å². The van der Waals surface area contributed by atoms with Gasteiger partial charge < -0.3 is 10.0 Å². The lowest BCUT2D eigenvalue weighted by Gasteiger charge is -2.26. The highest BCUT2D eigenvalue weighted by Crippen LogP contribution is 2.38. The van der Waals surface area contributed by atoms with Gasteiger partial charge in [-0.05, 0) is 13.0 Å². The second-order valence-corrected chi connectivity index (χ2v) is 4.29. The van der Waals surface area contributed by atoms with Crippen LogP contribution in [0.1, 0.15) is 24.9 Å². The Labute approximate surface area is 104 Å². The largest absolute Gasteiger partial charge is 0.481 e. The molecule has 2 rings (SSSR count). The van der Waals surface area contributed by atoms with Gasteiger partial charge in [-0.3, -0.25) is 9.59 Å². The number of benzene rings is 1. The SMILES string of the molecule is CCN1C(=O)CC(C(=O)O)C1c1ccccc1F. The van der Waals surface area contributed by atoms with Crippen molar-refractivity contribution in [1.29, 1.82) is 0 Å². The second-order valence-electron chi connectivity index (χ2n) is 4.29. The summed E-state index contributed by atoms with van der Waals surface area (Å²) in [5.74, 6) is -2.65. The van der Waals surface area contributed by atoms with E-state index in [2.05, 4.69) is 0 Å². The van der Waals surface area contributed by atoms with Gasteiger partial charge >= 0.3 is 5.97 Å². The summed E-state index contributed by atoms with van der Waals surface area (Å²) in [4.78, 5) is 24.4. The highest BCUT2D eigenvalue weighted by atomic mass is 19.1. The fourth-order valence-corrected chi connectivity index (χ4v) is 2.48. The minimum absolute atomic E-state index is 0.0673. The average molecular weight is 251 g/mol. The number of hydrogen-bond acceptors (Lipinski definition) is 2. The van der Waals surface area contributed by atoms with Crippen molar-refractivity contribution < 1.29 is 19.1 Å². The zero-order chi connectivity index (χ0) is 13.3. The van der Waals surface area contributed by atoms with Gasteiger partial charge in [-0.15, -0.1) is 0 Å². The Hall–Kier alpha value is -1.91. The molecule has 1 N–H and O–H groups in total. The van der Waals surface area contributed by atoms with Crippen LogP contribution in [0.15, 0.2) is 24.3 Å². The minimum Gasteiger partial charge on any atom is -0.481 e. The number of carbonyl (C=O) groups is 2. The Morgan fingerprint density at radius 1 is 1.50 bits per heavy atom. The molecule has 1 aromatic rings. The lowest BCUT2D eigenvalue weighted by atomic mass is 9.93. The van der Waals surface area contributed by atoms with Crippen molar-refractivity contribution in [1.82, 2.24) is 4.90 Å². The summed E-state index contributed by atoms with van der Waals surface area (Å²) in [6, 6.07) is 5.30. The number of carboxylic acid groups (broad SMARTS) is 1. The van der Waals surface area contributed by atoms with E-state index in [1.807, 2.05) is 0 Å². The van der Waals surface area contributed by atoms with Gasteiger partial charge in [0.2, 0.25) is 5.91 Å². The van der Waals surface area contributed by atoms with Crippen molar-refractivity contribution >= 4 is 11.9 Å². The quantitative estimate of drug-likeness (QED) is 0.891. The number of nitrogens with zero attached hydrogens (tertiary/aromatic N) is 1. The van der Waals surface area contributed by atoms with E-state index in [0.29, 0.717) is 6.54 Å². The summed E-state index contributed by atoms with van der Waals surface area (Å²) >= 11 is 0. The molecule has 0 aliphatic carbocycles. The monoisotopic (exact) mass is 251 g/mol. The first kappa shape index (κ1) is 12.5. The van der Waals surface area contributed by atoms with Crippen LogP contribution in [0.3, 0.4) is 0 Å². The van der Waals surface area contributed by atoms with E-state index in [0.717, 1.165) is 0 Å². The zero-order valence-electron chi connectivity index (χ0n) is 9.97. The summed E-state index contributed by atoms with van der Waals surface area (Å²) in [7, 11) is 0. The van der Waals surface area contributed by atoms with E-state index >= 15 is 0 Å². The van der Waals surface area contributed by atoms with Gasteiger partial charge in [-0.25, -0.2) is 4.39 Å². The number of likely N-dealkylation sites (tertiary alicyclic amines) is 1. The van der Waals surface area contributed by atoms with Crippen molar-refractivity contribution in [2.24, 2.45) is 5.92 Å². The third-order valence-electron chi connectivity index (χ3n) is 3.31. The molecule has 4 nitrogen and oxygen atoms in total. The minimum atomic E-state index is -1.06. The normalized spacial score (nSPS) is 23.4. The topological polar surface area (TPSA) is 57.6 Å². The smallest absolute Gasteiger partial charge is 0.309 e. The van der Waals surface area contributed by atoms with Crippen molar-refractivity contribution in [3.05, 3.63) is 35.6 Å². The van der Waals surface area contributed by atoms with Crippen LogP contribution in [0.5, 0.6) is 0 Å². The van der Waals surface area contributed by atoms with Gasteiger partial charge in [0.1, 0.15) is 5.82 Å². The molecule has 2 atom stereocenters. The fraction of sp³-hybridized carbons (Fsp3) is 0.385. The molecule has 0 radical (unpaired) electrons. The first-order chi connectivity index (χ1) is 8.56. The molecule has 1 aliphatic rings. The lowest BCUT2D eigenvalue weighted by Crippen LogP contribution is -2.30. The van der Waals surface area contributed by atoms with Crippen LogP contribution in [0, 0.1) is 11.7 Å². The summed E-state index contributed by atoms with van der Waals surface area (Å²) in [6.45, 7) is 2.14. The molecule has 0 aromatic heterocycles. The molecule has 1 fully saturated rings. The summed E-state index contributed by atoms with van der Waals surface area (Å²) in [6.07, 6.45) is -0.0673. The predicted octanol–water partition coefficient (Wildman–Crippen LogP) is 1.82. The van der Waals surface area contributed by atoms with Crippen molar-refractivity contribution in [3.8, 4) is 0 Å². The van der Waals surface area contributed by atoms with Crippen LogP contribution < -0.4 is 0 Å². The highest BCUT2D eigenvalue weighted by molar-refractivity contribution is 5.87. The van der Waals surface area contributed by atoms with Crippen LogP contribution in [-0.4, -0.2) is 28.4 Å². The Bertz CT molecular complexity index is 489. The van der Waals surface area contributed by atoms with Crippen LogP contribution in [-0.2, 0) is 9.59 Å². The van der Waals surface area contributed by atoms with E-state index in [-0.39, 0.29) is 17.9 Å².